The van der Waals surface area contributed by atoms with Crippen LogP contribution in [-0.4, -0.2) is 29.0 Å². The zero-order valence-corrected chi connectivity index (χ0v) is 9.99. The molecule has 1 amide bonds. The summed E-state index contributed by atoms with van der Waals surface area (Å²) in [6.07, 6.45) is 0.662. The highest BCUT2D eigenvalue weighted by molar-refractivity contribution is 9.10. The number of carbonyl (C=O) groups excluding carboxylic acids is 1. The fourth-order valence-electron chi connectivity index (χ4n) is 1.84. The first-order valence-corrected chi connectivity index (χ1v) is 5.60. The predicted molar refractivity (Wildman–Crippen MR) is 61.0 cm³/mol. The molecule has 5 heteroatoms. The molecule has 16 heavy (non-hydrogen) atoms. The Bertz CT molecular complexity index is 493. The van der Waals surface area contributed by atoms with Gasteiger partial charge in [-0.1, -0.05) is 15.9 Å². The molecule has 1 aromatic carbocycles. The topological polar surface area (TPSA) is 64.3 Å². The number of nitrogens with zero attached hydrogens (tertiary/aromatic N) is 2. The van der Waals surface area contributed by atoms with Gasteiger partial charge in [0.25, 0.3) is 5.91 Å². The number of hydrogen-bond donors (Lipinski definition) is 1. The second-order valence-corrected chi connectivity index (χ2v) is 4.51. The summed E-state index contributed by atoms with van der Waals surface area (Å²) in [6, 6.07) is 5.27. The number of benzene rings is 1. The second-order valence-electron chi connectivity index (χ2n) is 3.59. The Morgan fingerprint density at radius 3 is 3.00 bits per heavy atom. The van der Waals surface area contributed by atoms with Gasteiger partial charge in [-0.25, -0.2) is 0 Å². The van der Waals surface area contributed by atoms with E-state index in [1.807, 2.05) is 12.1 Å². The van der Waals surface area contributed by atoms with Gasteiger partial charge in [0, 0.05) is 11.0 Å². The zero-order chi connectivity index (χ0) is 11.7. The van der Waals surface area contributed by atoms with E-state index in [1.54, 1.807) is 0 Å². The molecular weight excluding hydrogens is 272 g/mol. The lowest BCUT2D eigenvalue weighted by Crippen LogP contribution is -2.37. The standard InChI is InChI=1S/C11H9BrN2O2/c12-8-5-7-1-3-14(4-2-13)11(16)10(7)9(15)6-8/h5-6,15H,1,3-4H2. The number of nitriles is 1. The molecule has 0 aliphatic carbocycles. The Morgan fingerprint density at radius 2 is 2.31 bits per heavy atom. The number of aromatic hydroxyl groups is 1. The van der Waals surface area contributed by atoms with Crippen LogP contribution in [0.15, 0.2) is 16.6 Å². The maximum absolute atomic E-state index is 11.9. The number of amides is 1. The monoisotopic (exact) mass is 280 g/mol. The van der Waals surface area contributed by atoms with Crippen LogP contribution in [-0.2, 0) is 6.42 Å². The summed E-state index contributed by atoms with van der Waals surface area (Å²) in [4.78, 5) is 13.4. The molecule has 0 spiro atoms. The minimum Gasteiger partial charge on any atom is -0.507 e. The van der Waals surface area contributed by atoms with Crippen LogP contribution < -0.4 is 0 Å². The Hall–Kier alpha value is -1.54. The first-order valence-electron chi connectivity index (χ1n) is 4.81. The summed E-state index contributed by atoms with van der Waals surface area (Å²) in [7, 11) is 0. The van der Waals surface area contributed by atoms with Crippen molar-refractivity contribution in [2.75, 3.05) is 13.1 Å². The minimum absolute atomic E-state index is 0.0305. The van der Waals surface area contributed by atoms with Gasteiger partial charge in [-0.15, -0.1) is 0 Å². The Labute approximate surface area is 101 Å². The largest absolute Gasteiger partial charge is 0.507 e. The summed E-state index contributed by atoms with van der Waals surface area (Å²) in [5.74, 6) is -0.301. The Balaban J connectivity index is 2.45. The van der Waals surface area contributed by atoms with Gasteiger partial charge < -0.3 is 10.0 Å². The van der Waals surface area contributed by atoms with Crippen molar-refractivity contribution in [1.82, 2.24) is 4.90 Å². The van der Waals surface area contributed by atoms with Crippen molar-refractivity contribution in [2.24, 2.45) is 0 Å². The van der Waals surface area contributed by atoms with E-state index in [0.29, 0.717) is 18.5 Å². The summed E-state index contributed by atoms with van der Waals surface area (Å²) < 4.78 is 0.755. The van der Waals surface area contributed by atoms with E-state index in [-0.39, 0.29) is 18.2 Å². The molecule has 0 saturated heterocycles. The number of hydrogen-bond acceptors (Lipinski definition) is 3. The molecule has 0 saturated carbocycles. The third-order valence-corrected chi connectivity index (χ3v) is 3.04. The van der Waals surface area contributed by atoms with E-state index in [0.717, 1.165) is 10.0 Å². The van der Waals surface area contributed by atoms with Gasteiger partial charge in [-0.2, -0.15) is 5.26 Å². The number of fused-ring (bicyclic) bond motifs is 1. The summed E-state index contributed by atoms with van der Waals surface area (Å²) in [5.41, 5.74) is 1.15. The van der Waals surface area contributed by atoms with Gasteiger partial charge in [0.05, 0.1) is 11.6 Å². The van der Waals surface area contributed by atoms with E-state index in [4.69, 9.17) is 5.26 Å². The van der Waals surface area contributed by atoms with Gasteiger partial charge in [0.2, 0.25) is 0 Å². The van der Waals surface area contributed by atoms with Crippen molar-refractivity contribution >= 4 is 21.8 Å². The van der Waals surface area contributed by atoms with E-state index in [1.165, 1.54) is 11.0 Å². The van der Waals surface area contributed by atoms with Gasteiger partial charge in [-0.05, 0) is 24.1 Å². The smallest absolute Gasteiger partial charge is 0.258 e. The normalized spacial score (nSPS) is 14.5. The molecule has 4 nitrogen and oxygen atoms in total. The van der Waals surface area contributed by atoms with Crippen LogP contribution in [0.2, 0.25) is 0 Å². The Kier molecular flexibility index (Phi) is 2.84. The molecule has 1 aromatic rings. The van der Waals surface area contributed by atoms with Gasteiger partial charge in [0.1, 0.15) is 12.3 Å². The molecule has 82 valence electrons. The van der Waals surface area contributed by atoms with Crippen molar-refractivity contribution < 1.29 is 9.90 Å². The SMILES string of the molecule is N#CCN1CCc2cc(Br)cc(O)c2C1=O. The van der Waals surface area contributed by atoms with Crippen LogP contribution in [0, 0.1) is 11.3 Å². The van der Waals surface area contributed by atoms with Crippen molar-refractivity contribution in [1.29, 1.82) is 5.26 Å². The predicted octanol–water partition coefficient (Wildman–Crippen LogP) is 1.68. The number of phenolic OH excluding ortho intramolecular Hbond substituents is 1. The first-order chi connectivity index (χ1) is 7.63. The highest BCUT2D eigenvalue weighted by Gasteiger charge is 2.27. The molecule has 0 fully saturated rings. The molecule has 1 aliphatic heterocycles. The number of halogens is 1. The average Bonchev–Trinajstić information content (AvgIpc) is 2.21. The molecule has 0 atom stereocenters. The number of rotatable bonds is 1. The van der Waals surface area contributed by atoms with Gasteiger partial charge >= 0.3 is 0 Å². The Morgan fingerprint density at radius 1 is 1.56 bits per heavy atom. The van der Waals surface area contributed by atoms with Crippen LogP contribution >= 0.6 is 15.9 Å². The summed E-state index contributed by atoms with van der Waals surface area (Å²) >= 11 is 3.27. The van der Waals surface area contributed by atoms with E-state index in [9.17, 15) is 9.90 Å². The van der Waals surface area contributed by atoms with Crippen LogP contribution in [0.4, 0.5) is 0 Å². The number of carbonyl (C=O) groups is 1. The molecule has 0 unspecified atom stereocenters. The van der Waals surface area contributed by atoms with E-state index in [2.05, 4.69) is 15.9 Å². The number of phenols is 1. The fraction of sp³-hybridized carbons (Fsp3) is 0.273. The lowest BCUT2D eigenvalue weighted by atomic mass is 9.98. The van der Waals surface area contributed by atoms with Crippen LogP contribution in [0.3, 0.4) is 0 Å². The molecule has 1 heterocycles. The van der Waals surface area contributed by atoms with Crippen LogP contribution in [0.25, 0.3) is 0 Å². The molecule has 2 rings (SSSR count). The molecule has 0 radical (unpaired) electrons. The van der Waals surface area contributed by atoms with Crippen molar-refractivity contribution in [3.63, 3.8) is 0 Å². The summed E-state index contributed by atoms with van der Waals surface area (Å²) in [5, 5.41) is 18.3. The third-order valence-electron chi connectivity index (χ3n) is 2.58. The molecule has 1 N–H and O–H groups in total. The highest BCUT2D eigenvalue weighted by atomic mass is 79.9. The minimum atomic E-state index is -0.271. The quantitative estimate of drug-likeness (QED) is 0.796. The highest BCUT2D eigenvalue weighted by Crippen LogP contribution is 2.30. The van der Waals surface area contributed by atoms with Gasteiger partial charge in [0.15, 0.2) is 0 Å². The summed E-state index contributed by atoms with van der Waals surface area (Å²) in [6.45, 7) is 0.586. The second kappa shape index (κ2) is 4.14. The molecule has 0 aromatic heterocycles. The lowest BCUT2D eigenvalue weighted by Gasteiger charge is -2.26. The first kappa shape index (κ1) is 11.0. The maximum Gasteiger partial charge on any atom is 0.258 e. The van der Waals surface area contributed by atoms with Crippen molar-refractivity contribution in [3.05, 3.63) is 27.7 Å². The van der Waals surface area contributed by atoms with Crippen molar-refractivity contribution in [3.8, 4) is 11.8 Å². The van der Waals surface area contributed by atoms with E-state index >= 15 is 0 Å². The molecule has 1 aliphatic rings. The zero-order valence-electron chi connectivity index (χ0n) is 8.40. The maximum atomic E-state index is 11.9. The van der Waals surface area contributed by atoms with Crippen LogP contribution in [0.1, 0.15) is 15.9 Å². The average molecular weight is 281 g/mol. The van der Waals surface area contributed by atoms with Crippen molar-refractivity contribution in [2.45, 2.75) is 6.42 Å². The van der Waals surface area contributed by atoms with Gasteiger partial charge in [-0.3, -0.25) is 4.79 Å². The molecular formula is C11H9BrN2O2. The third kappa shape index (κ3) is 1.76. The lowest BCUT2D eigenvalue weighted by molar-refractivity contribution is 0.0757. The van der Waals surface area contributed by atoms with Crippen LogP contribution in [0.5, 0.6) is 5.75 Å². The van der Waals surface area contributed by atoms with E-state index < -0.39 is 0 Å². The fourth-order valence-corrected chi connectivity index (χ4v) is 2.34. The molecule has 0 bridgehead atoms.